The first-order valence-corrected chi connectivity index (χ1v) is 4.84. The maximum absolute atomic E-state index is 13.0. The van der Waals surface area contributed by atoms with Gasteiger partial charge < -0.3 is 9.30 Å². The van der Waals surface area contributed by atoms with Crippen molar-refractivity contribution in [3.05, 3.63) is 36.3 Å². The number of rotatable bonds is 3. The molecule has 2 rings (SSSR count). The van der Waals surface area contributed by atoms with Gasteiger partial charge in [-0.25, -0.2) is 4.39 Å². The predicted octanol–water partition coefficient (Wildman–Crippen LogP) is 3.32. The first kappa shape index (κ1) is 11.9. The summed E-state index contributed by atoms with van der Waals surface area (Å²) in [5, 5.41) is 0.752. The highest BCUT2D eigenvalue weighted by atomic mass is 19.4. The fourth-order valence-electron chi connectivity index (χ4n) is 1.53. The molecule has 17 heavy (non-hydrogen) atoms. The van der Waals surface area contributed by atoms with Gasteiger partial charge in [-0.2, -0.15) is 13.2 Å². The monoisotopic (exact) mass is 247 g/mol. The molecule has 0 bridgehead atoms. The minimum absolute atomic E-state index is 0.257. The first-order valence-electron chi connectivity index (χ1n) is 4.84. The number of alkyl halides is 3. The van der Waals surface area contributed by atoms with Crippen LogP contribution in [0.25, 0.3) is 10.9 Å². The van der Waals surface area contributed by atoms with Crippen LogP contribution in [0.1, 0.15) is 0 Å². The van der Waals surface area contributed by atoms with Gasteiger partial charge >= 0.3 is 6.18 Å². The van der Waals surface area contributed by atoms with E-state index in [1.807, 2.05) is 0 Å². The number of fused-ring (bicyclic) bond motifs is 1. The second kappa shape index (κ2) is 4.37. The molecule has 1 aromatic heterocycles. The van der Waals surface area contributed by atoms with E-state index < -0.39 is 18.6 Å². The van der Waals surface area contributed by atoms with Gasteiger partial charge in [0.2, 0.25) is 0 Å². The van der Waals surface area contributed by atoms with Crippen molar-refractivity contribution in [3.63, 3.8) is 0 Å². The Labute approximate surface area is 94.4 Å². The number of ether oxygens (including phenoxy) is 1. The summed E-state index contributed by atoms with van der Waals surface area (Å²) in [5.41, 5.74) is 0.507. The Bertz CT molecular complexity index is 518. The third-order valence-electron chi connectivity index (χ3n) is 2.23. The molecule has 0 N–H and O–H groups in total. The zero-order valence-electron chi connectivity index (χ0n) is 8.67. The topological polar surface area (TPSA) is 14.2 Å². The van der Waals surface area contributed by atoms with Gasteiger partial charge in [0.25, 0.3) is 0 Å². The number of benzene rings is 1. The summed E-state index contributed by atoms with van der Waals surface area (Å²) >= 11 is 0. The molecule has 0 spiro atoms. The smallest absolute Gasteiger partial charge is 0.351 e. The van der Waals surface area contributed by atoms with Crippen molar-refractivity contribution in [2.75, 3.05) is 6.61 Å². The Balaban J connectivity index is 2.11. The summed E-state index contributed by atoms with van der Waals surface area (Å²) in [7, 11) is 0. The van der Waals surface area contributed by atoms with Crippen LogP contribution in [0.4, 0.5) is 17.6 Å². The van der Waals surface area contributed by atoms with Crippen molar-refractivity contribution in [3.8, 4) is 0 Å². The predicted molar refractivity (Wildman–Crippen MR) is 53.9 cm³/mol. The standard InChI is InChI=1S/C11H9F4NO/c12-9-2-1-8-3-4-16(10(8)5-9)7-17-6-11(13,14)15/h1-5H,6-7H2. The highest BCUT2D eigenvalue weighted by molar-refractivity contribution is 5.79. The summed E-state index contributed by atoms with van der Waals surface area (Å²) in [6.45, 7) is -1.57. The van der Waals surface area contributed by atoms with Crippen molar-refractivity contribution in [1.29, 1.82) is 0 Å². The van der Waals surface area contributed by atoms with E-state index in [0.717, 1.165) is 5.39 Å². The van der Waals surface area contributed by atoms with Crippen LogP contribution in [0.15, 0.2) is 30.5 Å². The minimum Gasteiger partial charge on any atom is -0.351 e. The van der Waals surface area contributed by atoms with Gasteiger partial charge in [-0.15, -0.1) is 0 Å². The third-order valence-corrected chi connectivity index (χ3v) is 2.23. The Morgan fingerprint density at radius 3 is 2.65 bits per heavy atom. The fourth-order valence-corrected chi connectivity index (χ4v) is 1.53. The van der Waals surface area contributed by atoms with Crippen LogP contribution in [0.3, 0.4) is 0 Å². The van der Waals surface area contributed by atoms with E-state index in [0.29, 0.717) is 5.52 Å². The van der Waals surface area contributed by atoms with Crippen molar-refractivity contribution in [1.82, 2.24) is 4.57 Å². The second-order valence-electron chi connectivity index (χ2n) is 3.58. The van der Waals surface area contributed by atoms with E-state index in [-0.39, 0.29) is 6.73 Å². The van der Waals surface area contributed by atoms with Crippen molar-refractivity contribution >= 4 is 10.9 Å². The van der Waals surface area contributed by atoms with Gasteiger partial charge in [0, 0.05) is 6.20 Å². The van der Waals surface area contributed by atoms with Crippen LogP contribution in [0.2, 0.25) is 0 Å². The van der Waals surface area contributed by atoms with Crippen LogP contribution in [0, 0.1) is 5.82 Å². The van der Waals surface area contributed by atoms with Crippen LogP contribution >= 0.6 is 0 Å². The van der Waals surface area contributed by atoms with Crippen LogP contribution in [0.5, 0.6) is 0 Å². The zero-order valence-corrected chi connectivity index (χ0v) is 8.67. The van der Waals surface area contributed by atoms with Crippen LogP contribution < -0.4 is 0 Å². The van der Waals surface area contributed by atoms with Gasteiger partial charge in [0.05, 0.1) is 5.52 Å². The minimum atomic E-state index is -4.35. The lowest BCUT2D eigenvalue weighted by atomic mass is 10.2. The third kappa shape index (κ3) is 2.97. The first-order chi connectivity index (χ1) is 7.96. The molecule has 0 saturated carbocycles. The molecule has 0 unspecified atom stereocenters. The van der Waals surface area contributed by atoms with E-state index in [1.165, 1.54) is 16.7 Å². The van der Waals surface area contributed by atoms with E-state index in [9.17, 15) is 17.6 Å². The lowest BCUT2D eigenvalue weighted by Gasteiger charge is -2.09. The Hall–Kier alpha value is -1.56. The molecule has 0 saturated heterocycles. The number of nitrogens with zero attached hydrogens (tertiary/aromatic N) is 1. The molecule has 0 fully saturated rings. The summed E-state index contributed by atoms with van der Waals surface area (Å²) in [6, 6.07) is 5.80. The van der Waals surface area contributed by atoms with Gasteiger partial charge in [-0.1, -0.05) is 0 Å². The molecule has 0 atom stereocenters. The molecule has 1 heterocycles. The highest BCUT2D eigenvalue weighted by Gasteiger charge is 2.27. The number of halogens is 4. The number of aromatic nitrogens is 1. The summed E-state index contributed by atoms with van der Waals surface area (Å²) in [5.74, 6) is -0.437. The van der Waals surface area contributed by atoms with Crippen LogP contribution in [-0.4, -0.2) is 17.4 Å². The van der Waals surface area contributed by atoms with E-state index in [1.54, 1.807) is 18.3 Å². The van der Waals surface area contributed by atoms with Gasteiger partial charge in [0.1, 0.15) is 19.2 Å². The normalized spacial score (nSPS) is 12.2. The molecule has 92 valence electrons. The molecule has 1 aromatic carbocycles. The largest absolute Gasteiger partial charge is 0.411 e. The average Bonchev–Trinajstić information content (AvgIpc) is 2.59. The molecule has 0 aliphatic carbocycles. The quantitative estimate of drug-likeness (QED) is 0.759. The molecular weight excluding hydrogens is 238 g/mol. The van der Waals surface area contributed by atoms with E-state index >= 15 is 0 Å². The Kier molecular flexibility index (Phi) is 3.06. The Morgan fingerprint density at radius 2 is 1.94 bits per heavy atom. The molecule has 0 radical (unpaired) electrons. The number of hydrogen-bond donors (Lipinski definition) is 0. The fraction of sp³-hybridized carbons (Fsp3) is 0.273. The van der Waals surface area contributed by atoms with Crippen molar-refractivity contribution < 1.29 is 22.3 Å². The number of hydrogen-bond acceptors (Lipinski definition) is 1. The molecule has 6 heteroatoms. The zero-order chi connectivity index (χ0) is 12.5. The van der Waals surface area contributed by atoms with Gasteiger partial charge in [0.15, 0.2) is 0 Å². The molecular formula is C11H9F4NO. The molecule has 0 aliphatic rings. The maximum atomic E-state index is 13.0. The molecule has 2 aromatic rings. The van der Waals surface area contributed by atoms with Crippen LogP contribution in [-0.2, 0) is 11.5 Å². The summed E-state index contributed by atoms with van der Waals surface area (Å²) < 4.78 is 54.5. The second-order valence-corrected chi connectivity index (χ2v) is 3.58. The van der Waals surface area contributed by atoms with Crippen molar-refractivity contribution in [2.24, 2.45) is 0 Å². The van der Waals surface area contributed by atoms with Crippen molar-refractivity contribution in [2.45, 2.75) is 12.9 Å². The molecule has 2 nitrogen and oxygen atoms in total. The highest BCUT2D eigenvalue weighted by Crippen LogP contribution is 2.18. The Morgan fingerprint density at radius 1 is 1.18 bits per heavy atom. The average molecular weight is 247 g/mol. The lowest BCUT2D eigenvalue weighted by Crippen LogP contribution is -2.18. The van der Waals surface area contributed by atoms with Gasteiger partial charge in [-0.05, 0) is 29.7 Å². The van der Waals surface area contributed by atoms with Gasteiger partial charge in [-0.3, -0.25) is 0 Å². The lowest BCUT2D eigenvalue weighted by molar-refractivity contribution is -0.181. The summed E-state index contributed by atoms with van der Waals surface area (Å²) in [6.07, 6.45) is -2.80. The SMILES string of the molecule is Fc1ccc2ccn(COCC(F)(F)F)c2c1. The molecule has 0 aliphatic heterocycles. The maximum Gasteiger partial charge on any atom is 0.411 e. The van der Waals surface area contributed by atoms with E-state index in [2.05, 4.69) is 4.74 Å². The molecule has 0 amide bonds. The van der Waals surface area contributed by atoms with E-state index in [4.69, 9.17) is 0 Å². The summed E-state index contributed by atoms with van der Waals surface area (Å²) in [4.78, 5) is 0.